The molecule has 1 N–H and O–H groups in total. The Morgan fingerprint density at radius 1 is 1.31 bits per heavy atom. The second-order valence-electron chi connectivity index (χ2n) is 3.41. The third-order valence-electron chi connectivity index (χ3n) is 1.96. The van der Waals surface area contributed by atoms with Crippen LogP contribution in [0.3, 0.4) is 0 Å². The summed E-state index contributed by atoms with van der Waals surface area (Å²) in [5, 5.41) is 2.66. The van der Waals surface area contributed by atoms with Crippen LogP contribution in [0.5, 0.6) is 0 Å². The topological polar surface area (TPSA) is 29.1 Å². The van der Waals surface area contributed by atoms with Crippen molar-refractivity contribution in [1.82, 2.24) is 5.32 Å². The molecule has 0 aliphatic carbocycles. The average molecular weight is 197 g/mol. The Morgan fingerprint density at radius 2 is 1.77 bits per heavy atom. The molecular weight excluding hydrogens is 183 g/mol. The van der Waals surface area contributed by atoms with E-state index >= 15 is 0 Å². The Bertz CT molecular complexity index is 186. The van der Waals surface area contributed by atoms with Crippen LogP contribution in [-0.2, 0) is 4.79 Å². The van der Waals surface area contributed by atoms with Gasteiger partial charge in [0.1, 0.15) is 0 Å². The minimum absolute atomic E-state index is 0.424. The van der Waals surface area contributed by atoms with E-state index in [-0.39, 0.29) is 0 Å². The number of carbonyl (C=O) groups excluding carboxylic acids is 1. The molecule has 0 aromatic rings. The standard InChI is InChI=1S/C8H14F3NO/c1-7(2,12-3)6(13)4-5-8(9,10)11/h12H,4-5H2,1-3H3. The summed E-state index contributed by atoms with van der Waals surface area (Å²) in [5.41, 5.74) is -0.870. The summed E-state index contributed by atoms with van der Waals surface area (Å²) >= 11 is 0. The number of hydrogen-bond donors (Lipinski definition) is 1. The maximum absolute atomic E-state index is 11.7. The fraction of sp³-hybridized carbons (Fsp3) is 0.875. The van der Waals surface area contributed by atoms with Gasteiger partial charge < -0.3 is 5.32 Å². The molecule has 0 aliphatic heterocycles. The molecule has 0 atom stereocenters. The van der Waals surface area contributed by atoms with E-state index < -0.39 is 30.3 Å². The highest BCUT2D eigenvalue weighted by Crippen LogP contribution is 2.22. The predicted molar refractivity (Wildman–Crippen MR) is 43.4 cm³/mol. The lowest BCUT2D eigenvalue weighted by molar-refractivity contribution is -0.145. The molecule has 0 heterocycles. The number of rotatable bonds is 4. The van der Waals surface area contributed by atoms with E-state index in [4.69, 9.17) is 0 Å². The van der Waals surface area contributed by atoms with E-state index in [9.17, 15) is 18.0 Å². The first-order valence-corrected chi connectivity index (χ1v) is 3.98. The van der Waals surface area contributed by atoms with Gasteiger partial charge in [-0.2, -0.15) is 13.2 Å². The van der Waals surface area contributed by atoms with Crippen molar-refractivity contribution in [2.75, 3.05) is 7.05 Å². The zero-order valence-electron chi connectivity index (χ0n) is 7.96. The Morgan fingerprint density at radius 3 is 2.08 bits per heavy atom. The molecule has 0 spiro atoms. The molecule has 0 radical (unpaired) electrons. The maximum Gasteiger partial charge on any atom is 0.389 e. The molecule has 0 aromatic carbocycles. The Kier molecular flexibility index (Phi) is 3.90. The molecule has 0 bridgehead atoms. The van der Waals surface area contributed by atoms with Crippen molar-refractivity contribution in [3.8, 4) is 0 Å². The van der Waals surface area contributed by atoms with Crippen LogP contribution >= 0.6 is 0 Å². The zero-order valence-corrected chi connectivity index (χ0v) is 7.96. The van der Waals surface area contributed by atoms with Crippen molar-refractivity contribution in [1.29, 1.82) is 0 Å². The number of alkyl halides is 3. The van der Waals surface area contributed by atoms with E-state index in [0.717, 1.165) is 0 Å². The number of ketones is 1. The second kappa shape index (κ2) is 4.09. The number of nitrogens with one attached hydrogen (secondary N) is 1. The molecule has 0 aliphatic rings. The second-order valence-corrected chi connectivity index (χ2v) is 3.41. The normalized spacial score (nSPS) is 13.1. The fourth-order valence-electron chi connectivity index (χ4n) is 0.707. The summed E-state index contributed by atoms with van der Waals surface area (Å²) in [6.45, 7) is 3.12. The first kappa shape index (κ1) is 12.4. The van der Waals surface area contributed by atoms with Gasteiger partial charge in [-0.25, -0.2) is 0 Å². The highest BCUT2D eigenvalue weighted by atomic mass is 19.4. The summed E-state index contributed by atoms with van der Waals surface area (Å²) in [4.78, 5) is 11.2. The molecule has 0 fully saturated rings. The van der Waals surface area contributed by atoms with Gasteiger partial charge in [-0.3, -0.25) is 4.79 Å². The lowest BCUT2D eigenvalue weighted by Crippen LogP contribution is -2.44. The molecule has 0 amide bonds. The van der Waals surface area contributed by atoms with Crippen molar-refractivity contribution in [2.24, 2.45) is 0 Å². The highest BCUT2D eigenvalue weighted by molar-refractivity contribution is 5.87. The van der Waals surface area contributed by atoms with Crippen LogP contribution in [0.2, 0.25) is 0 Å². The number of halogens is 3. The van der Waals surface area contributed by atoms with Gasteiger partial charge in [0.15, 0.2) is 5.78 Å². The molecular formula is C8H14F3NO. The van der Waals surface area contributed by atoms with Crippen LogP contribution < -0.4 is 5.32 Å². The van der Waals surface area contributed by atoms with Crippen molar-refractivity contribution >= 4 is 5.78 Å². The monoisotopic (exact) mass is 197 g/mol. The molecule has 0 aromatic heterocycles. The Hall–Kier alpha value is -0.580. The zero-order chi connectivity index (χ0) is 10.7. The van der Waals surface area contributed by atoms with Crippen LogP contribution in [0.1, 0.15) is 26.7 Å². The number of Topliss-reactive ketones (excluding diaryl/α,β-unsaturated/α-hetero) is 1. The van der Waals surface area contributed by atoms with E-state index in [1.165, 1.54) is 0 Å². The van der Waals surface area contributed by atoms with Crippen LogP contribution in [0.25, 0.3) is 0 Å². The number of hydrogen-bond acceptors (Lipinski definition) is 2. The van der Waals surface area contributed by atoms with Crippen molar-refractivity contribution in [3.63, 3.8) is 0 Å². The van der Waals surface area contributed by atoms with Gasteiger partial charge in [-0.1, -0.05) is 0 Å². The molecule has 13 heavy (non-hydrogen) atoms. The highest BCUT2D eigenvalue weighted by Gasteiger charge is 2.32. The van der Waals surface area contributed by atoms with Gasteiger partial charge in [0.05, 0.1) is 12.0 Å². The van der Waals surface area contributed by atoms with E-state index in [1.54, 1.807) is 20.9 Å². The van der Waals surface area contributed by atoms with E-state index in [2.05, 4.69) is 5.32 Å². The van der Waals surface area contributed by atoms with Crippen LogP contribution in [0, 0.1) is 0 Å². The molecule has 0 unspecified atom stereocenters. The Labute approximate surface area is 75.5 Å². The van der Waals surface area contributed by atoms with Crippen LogP contribution in [-0.4, -0.2) is 24.5 Å². The van der Waals surface area contributed by atoms with E-state index in [1.807, 2.05) is 0 Å². The molecule has 0 saturated heterocycles. The summed E-state index contributed by atoms with van der Waals surface area (Å²) in [5.74, 6) is -0.424. The predicted octanol–water partition coefficient (Wildman–Crippen LogP) is 1.90. The molecule has 0 rings (SSSR count). The third kappa shape index (κ3) is 4.87. The van der Waals surface area contributed by atoms with Crippen molar-refractivity contribution in [2.45, 2.75) is 38.4 Å². The minimum Gasteiger partial charge on any atom is -0.308 e. The van der Waals surface area contributed by atoms with Crippen molar-refractivity contribution in [3.05, 3.63) is 0 Å². The van der Waals surface area contributed by atoms with Gasteiger partial charge in [-0.05, 0) is 20.9 Å². The largest absolute Gasteiger partial charge is 0.389 e. The number of likely N-dealkylation sites (N-methyl/N-ethyl adjacent to an activating group) is 1. The van der Waals surface area contributed by atoms with Gasteiger partial charge >= 0.3 is 6.18 Å². The van der Waals surface area contributed by atoms with Crippen molar-refractivity contribution < 1.29 is 18.0 Å². The molecule has 78 valence electrons. The number of carbonyl (C=O) groups is 1. The van der Waals surface area contributed by atoms with E-state index in [0.29, 0.717) is 0 Å². The lowest BCUT2D eigenvalue weighted by atomic mass is 9.96. The lowest BCUT2D eigenvalue weighted by Gasteiger charge is -2.22. The minimum atomic E-state index is -4.25. The summed E-state index contributed by atoms with van der Waals surface area (Å²) in [6.07, 6.45) is -5.76. The summed E-state index contributed by atoms with van der Waals surface area (Å²) < 4.78 is 35.2. The average Bonchev–Trinajstić information content (AvgIpc) is 1.98. The van der Waals surface area contributed by atoms with Crippen LogP contribution in [0.4, 0.5) is 13.2 Å². The van der Waals surface area contributed by atoms with Gasteiger partial charge in [0.25, 0.3) is 0 Å². The van der Waals surface area contributed by atoms with Gasteiger partial charge in [-0.15, -0.1) is 0 Å². The van der Waals surface area contributed by atoms with Gasteiger partial charge in [0.2, 0.25) is 0 Å². The quantitative estimate of drug-likeness (QED) is 0.745. The van der Waals surface area contributed by atoms with Gasteiger partial charge in [0, 0.05) is 6.42 Å². The SMILES string of the molecule is CNC(C)(C)C(=O)CCC(F)(F)F. The smallest absolute Gasteiger partial charge is 0.308 e. The molecule has 2 nitrogen and oxygen atoms in total. The maximum atomic E-state index is 11.7. The Balaban J connectivity index is 4.03. The van der Waals surface area contributed by atoms with Crippen LogP contribution in [0.15, 0.2) is 0 Å². The first-order chi connectivity index (χ1) is 5.69. The molecule has 5 heteroatoms. The molecule has 0 saturated carbocycles. The summed E-state index contributed by atoms with van der Waals surface area (Å²) in [7, 11) is 1.55. The third-order valence-corrected chi connectivity index (χ3v) is 1.96. The fourth-order valence-corrected chi connectivity index (χ4v) is 0.707. The first-order valence-electron chi connectivity index (χ1n) is 3.98. The summed E-state index contributed by atoms with van der Waals surface area (Å²) in [6, 6.07) is 0.